The van der Waals surface area contributed by atoms with Crippen molar-refractivity contribution >= 4 is 35.0 Å². The topological polar surface area (TPSA) is 76.2 Å². The second-order valence-corrected chi connectivity index (χ2v) is 2.77. The Morgan fingerprint density at radius 1 is 1.58 bits per heavy atom. The molecule has 0 saturated carbocycles. The second kappa shape index (κ2) is 3.16. The van der Waals surface area contributed by atoms with Gasteiger partial charge >= 0.3 is 5.97 Å². The molecule has 0 radical (unpaired) electrons. The molecule has 1 aromatic heterocycles. The summed E-state index contributed by atoms with van der Waals surface area (Å²) in [6.07, 6.45) is 1.15. The lowest BCUT2D eigenvalue weighted by Crippen LogP contribution is -2.02. The number of halogens is 2. The van der Waals surface area contributed by atoms with Gasteiger partial charge < -0.3 is 10.8 Å². The molecule has 0 fully saturated rings. The summed E-state index contributed by atoms with van der Waals surface area (Å²) < 4.78 is 0. The fourth-order valence-electron chi connectivity index (χ4n) is 0.676. The molecule has 0 atom stereocenters. The highest BCUT2D eigenvalue weighted by Crippen LogP contribution is 2.27. The van der Waals surface area contributed by atoms with E-state index in [9.17, 15) is 4.79 Å². The van der Waals surface area contributed by atoms with Gasteiger partial charge in [0.2, 0.25) is 0 Å². The molecule has 4 nitrogen and oxygen atoms in total. The molecular weight excluding hydrogens is 203 g/mol. The van der Waals surface area contributed by atoms with Crippen LogP contribution in [0, 0.1) is 0 Å². The van der Waals surface area contributed by atoms with Gasteiger partial charge in [0.25, 0.3) is 0 Å². The number of nitrogen functional groups attached to an aromatic ring is 1. The number of carbonyl (C=O) groups is 1. The van der Waals surface area contributed by atoms with E-state index in [4.69, 9.17) is 34.0 Å². The SMILES string of the molecule is Nc1ncc(Cl)c(C(=O)O)c1Cl. The van der Waals surface area contributed by atoms with Crippen molar-refractivity contribution in [3.63, 3.8) is 0 Å². The summed E-state index contributed by atoms with van der Waals surface area (Å²) in [6, 6.07) is 0. The Kier molecular flexibility index (Phi) is 2.40. The molecule has 0 amide bonds. The van der Waals surface area contributed by atoms with Gasteiger partial charge in [0.1, 0.15) is 11.4 Å². The maximum Gasteiger partial charge on any atom is 0.338 e. The first kappa shape index (κ1) is 9.09. The Hall–Kier alpha value is -1.00. The van der Waals surface area contributed by atoms with E-state index in [0.717, 1.165) is 6.20 Å². The molecule has 0 aliphatic heterocycles. The molecule has 0 aliphatic rings. The van der Waals surface area contributed by atoms with E-state index in [-0.39, 0.29) is 21.4 Å². The van der Waals surface area contributed by atoms with Gasteiger partial charge in [-0.2, -0.15) is 0 Å². The predicted molar refractivity (Wildman–Crippen MR) is 45.6 cm³/mol. The van der Waals surface area contributed by atoms with Crippen molar-refractivity contribution in [2.75, 3.05) is 5.73 Å². The van der Waals surface area contributed by atoms with Crippen LogP contribution < -0.4 is 5.73 Å². The van der Waals surface area contributed by atoms with Crippen LogP contribution in [0.1, 0.15) is 10.4 Å². The number of carboxylic acid groups (broad SMARTS) is 1. The number of pyridine rings is 1. The van der Waals surface area contributed by atoms with Gasteiger partial charge in [0.05, 0.1) is 10.0 Å². The van der Waals surface area contributed by atoms with Crippen LogP contribution in [0.25, 0.3) is 0 Å². The van der Waals surface area contributed by atoms with Crippen LogP contribution in [0.15, 0.2) is 6.20 Å². The Labute approximate surface area is 77.9 Å². The summed E-state index contributed by atoms with van der Waals surface area (Å²) >= 11 is 11.1. The molecule has 64 valence electrons. The van der Waals surface area contributed by atoms with Crippen molar-refractivity contribution in [3.05, 3.63) is 21.8 Å². The first-order chi connectivity index (χ1) is 5.54. The maximum atomic E-state index is 10.5. The number of carboxylic acids is 1. The molecule has 3 N–H and O–H groups in total. The zero-order valence-electron chi connectivity index (χ0n) is 5.71. The maximum absolute atomic E-state index is 10.5. The molecule has 0 unspecified atom stereocenters. The molecular formula is C6H4Cl2N2O2. The number of hydrogen-bond acceptors (Lipinski definition) is 3. The fourth-order valence-corrected chi connectivity index (χ4v) is 1.18. The van der Waals surface area contributed by atoms with Gasteiger partial charge in [0.15, 0.2) is 0 Å². The quantitative estimate of drug-likeness (QED) is 0.734. The number of hydrogen-bond donors (Lipinski definition) is 2. The Balaban J connectivity index is 3.43. The van der Waals surface area contributed by atoms with Crippen LogP contribution in [-0.4, -0.2) is 16.1 Å². The van der Waals surface area contributed by atoms with Crippen molar-refractivity contribution < 1.29 is 9.90 Å². The molecule has 0 spiro atoms. The highest BCUT2D eigenvalue weighted by Gasteiger charge is 2.16. The van der Waals surface area contributed by atoms with E-state index >= 15 is 0 Å². The predicted octanol–water partition coefficient (Wildman–Crippen LogP) is 1.67. The molecule has 1 rings (SSSR count). The molecule has 0 saturated heterocycles. The first-order valence-electron chi connectivity index (χ1n) is 2.86. The average molecular weight is 207 g/mol. The summed E-state index contributed by atoms with van der Waals surface area (Å²) in [6.45, 7) is 0. The third-order valence-corrected chi connectivity index (χ3v) is 1.88. The van der Waals surface area contributed by atoms with Gasteiger partial charge in [-0.25, -0.2) is 9.78 Å². The van der Waals surface area contributed by atoms with Crippen molar-refractivity contribution in [2.24, 2.45) is 0 Å². The second-order valence-electron chi connectivity index (χ2n) is 1.99. The highest BCUT2D eigenvalue weighted by atomic mass is 35.5. The molecule has 12 heavy (non-hydrogen) atoms. The minimum atomic E-state index is -1.22. The molecule has 1 heterocycles. The van der Waals surface area contributed by atoms with Gasteiger partial charge in [-0.1, -0.05) is 23.2 Å². The lowest BCUT2D eigenvalue weighted by Gasteiger charge is -2.02. The van der Waals surface area contributed by atoms with E-state index in [2.05, 4.69) is 4.98 Å². The van der Waals surface area contributed by atoms with Crippen LogP contribution in [0.2, 0.25) is 10.0 Å². The van der Waals surface area contributed by atoms with E-state index in [0.29, 0.717) is 0 Å². The summed E-state index contributed by atoms with van der Waals surface area (Å²) in [5, 5.41) is 8.46. The number of aromatic carboxylic acids is 1. The van der Waals surface area contributed by atoms with Crippen LogP contribution >= 0.6 is 23.2 Å². The Morgan fingerprint density at radius 3 is 2.58 bits per heavy atom. The summed E-state index contributed by atoms with van der Waals surface area (Å²) in [4.78, 5) is 14.1. The largest absolute Gasteiger partial charge is 0.478 e. The summed E-state index contributed by atoms with van der Waals surface area (Å²) in [5.74, 6) is -1.27. The number of nitrogens with zero attached hydrogens (tertiary/aromatic N) is 1. The van der Waals surface area contributed by atoms with Crippen molar-refractivity contribution in [1.29, 1.82) is 0 Å². The zero-order chi connectivity index (χ0) is 9.30. The van der Waals surface area contributed by atoms with E-state index in [1.807, 2.05) is 0 Å². The zero-order valence-corrected chi connectivity index (χ0v) is 7.23. The molecule has 0 bridgehead atoms. The molecule has 0 aromatic carbocycles. The lowest BCUT2D eigenvalue weighted by atomic mass is 10.2. The number of anilines is 1. The normalized spacial score (nSPS) is 9.83. The van der Waals surface area contributed by atoms with Gasteiger partial charge in [0, 0.05) is 6.20 Å². The van der Waals surface area contributed by atoms with Gasteiger partial charge in [-0.05, 0) is 0 Å². The van der Waals surface area contributed by atoms with Crippen LogP contribution in [0.3, 0.4) is 0 Å². The van der Waals surface area contributed by atoms with E-state index in [1.54, 1.807) is 0 Å². The minimum Gasteiger partial charge on any atom is -0.478 e. The van der Waals surface area contributed by atoms with Crippen molar-refractivity contribution in [3.8, 4) is 0 Å². The summed E-state index contributed by atoms with van der Waals surface area (Å²) in [7, 11) is 0. The van der Waals surface area contributed by atoms with Crippen molar-refractivity contribution in [1.82, 2.24) is 4.98 Å². The third-order valence-electron chi connectivity index (χ3n) is 1.21. The Morgan fingerprint density at radius 2 is 2.17 bits per heavy atom. The number of nitrogens with two attached hydrogens (primary N) is 1. The van der Waals surface area contributed by atoms with Gasteiger partial charge in [-0.3, -0.25) is 0 Å². The standard InChI is InChI=1S/C6H4Cl2N2O2/c7-2-1-10-5(9)4(8)3(2)6(11)12/h1H,(H2,9,10)(H,11,12). The monoisotopic (exact) mass is 206 g/mol. The highest BCUT2D eigenvalue weighted by molar-refractivity contribution is 6.40. The fraction of sp³-hybridized carbons (Fsp3) is 0. The Bertz CT molecular complexity index is 341. The van der Waals surface area contributed by atoms with Crippen molar-refractivity contribution in [2.45, 2.75) is 0 Å². The third kappa shape index (κ3) is 1.44. The van der Waals surface area contributed by atoms with Gasteiger partial charge in [-0.15, -0.1) is 0 Å². The smallest absolute Gasteiger partial charge is 0.338 e. The number of aromatic nitrogens is 1. The first-order valence-corrected chi connectivity index (χ1v) is 3.62. The molecule has 0 aliphatic carbocycles. The van der Waals surface area contributed by atoms with E-state index in [1.165, 1.54) is 0 Å². The molecule has 6 heteroatoms. The van der Waals surface area contributed by atoms with Crippen LogP contribution in [0.5, 0.6) is 0 Å². The van der Waals surface area contributed by atoms with Crippen LogP contribution in [-0.2, 0) is 0 Å². The van der Waals surface area contributed by atoms with Crippen LogP contribution in [0.4, 0.5) is 5.82 Å². The average Bonchev–Trinajstić information content (AvgIpc) is 1.97. The molecule has 1 aromatic rings. The van der Waals surface area contributed by atoms with E-state index < -0.39 is 5.97 Å². The minimum absolute atomic E-state index is 0.0262. The number of rotatable bonds is 1. The summed E-state index contributed by atoms with van der Waals surface area (Å²) in [5.41, 5.74) is 5.05. The lowest BCUT2D eigenvalue weighted by molar-refractivity contribution is 0.0697.